The molecule has 1 aromatic carbocycles. The highest BCUT2D eigenvalue weighted by Crippen LogP contribution is 2.15. The molecule has 1 unspecified atom stereocenters. The molecule has 5 nitrogen and oxygen atoms in total. The molecular weight excluding hydrogens is 367 g/mol. The van der Waals surface area contributed by atoms with Crippen LogP contribution in [0.25, 0.3) is 0 Å². The van der Waals surface area contributed by atoms with Gasteiger partial charge in [0.25, 0.3) is 0 Å². The van der Waals surface area contributed by atoms with Gasteiger partial charge in [-0.2, -0.15) is 0 Å². The maximum Gasteiger partial charge on any atom is 0.319 e. The smallest absolute Gasteiger partial charge is 0.319 e. The lowest BCUT2D eigenvalue weighted by atomic mass is 10.3. The third-order valence-corrected chi connectivity index (χ3v) is 4.44. The molecule has 0 saturated heterocycles. The maximum absolute atomic E-state index is 12.8. The van der Waals surface area contributed by atoms with Crippen molar-refractivity contribution in [3.63, 3.8) is 0 Å². The SMILES string of the molecule is CC(SCC(=O)Nc1ccc(F)cc1)C(=O)OCc1ccc(Cl)nc1. The van der Waals surface area contributed by atoms with Crippen LogP contribution in [0.3, 0.4) is 0 Å². The summed E-state index contributed by atoms with van der Waals surface area (Å²) >= 11 is 6.84. The first kappa shape index (κ1) is 19.2. The topological polar surface area (TPSA) is 68.3 Å². The second kappa shape index (κ2) is 9.39. The first-order valence-electron chi connectivity index (χ1n) is 7.38. The zero-order valence-corrected chi connectivity index (χ0v) is 14.9. The Morgan fingerprint density at radius 1 is 1.28 bits per heavy atom. The van der Waals surface area contributed by atoms with Crippen molar-refractivity contribution >= 4 is 40.9 Å². The number of esters is 1. The van der Waals surface area contributed by atoms with Gasteiger partial charge in [0.2, 0.25) is 5.91 Å². The molecular formula is C17H16ClFN2O3S. The predicted molar refractivity (Wildman–Crippen MR) is 96.0 cm³/mol. The number of pyridine rings is 1. The summed E-state index contributed by atoms with van der Waals surface area (Å²) in [6.07, 6.45) is 1.53. The number of aromatic nitrogens is 1. The van der Waals surface area contributed by atoms with E-state index in [2.05, 4.69) is 10.3 Å². The fraction of sp³-hybridized carbons (Fsp3) is 0.235. The average Bonchev–Trinajstić information content (AvgIpc) is 2.61. The second-order valence-electron chi connectivity index (χ2n) is 5.11. The van der Waals surface area contributed by atoms with E-state index in [1.165, 1.54) is 30.5 Å². The first-order chi connectivity index (χ1) is 11.9. The van der Waals surface area contributed by atoms with Gasteiger partial charge in [-0.15, -0.1) is 11.8 Å². The number of benzene rings is 1. The number of thioether (sulfide) groups is 1. The fourth-order valence-electron chi connectivity index (χ4n) is 1.76. The molecule has 1 aromatic heterocycles. The second-order valence-corrected chi connectivity index (χ2v) is 6.82. The van der Waals surface area contributed by atoms with Crippen molar-refractivity contribution in [1.82, 2.24) is 4.98 Å². The Morgan fingerprint density at radius 3 is 2.64 bits per heavy atom. The van der Waals surface area contributed by atoms with Crippen LogP contribution in [-0.4, -0.2) is 27.9 Å². The van der Waals surface area contributed by atoms with E-state index in [0.717, 1.165) is 17.3 Å². The summed E-state index contributed by atoms with van der Waals surface area (Å²) in [5.74, 6) is -0.997. The van der Waals surface area contributed by atoms with Crippen LogP contribution in [0.2, 0.25) is 5.15 Å². The highest BCUT2D eigenvalue weighted by molar-refractivity contribution is 8.01. The molecule has 0 fully saturated rings. The molecule has 2 rings (SSSR count). The number of hydrogen-bond acceptors (Lipinski definition) is 5. The average molecular weight is 383 g/mol. The quantitative estimate of drug-likeness (QED) is 0.584. The van der Waals surface area contributed by atoms with Crippen molar-refractivity contribution in [3.05, 3.63) is 59.1 Å². The zero-order valence-electron chi connectivity index (χ0n) is 13.4. The lowest BCUT2D eigenvalue weighted by molar-refractivity contribution is -0.143. The summed E-state index contributed by atoms with van der Waals surface area (Å²) in [4.78, 5) is 27.7. The number of hydrogen-bond donors (Lipinski definition) is 1. The minimum absolute atomic E-state index is 0.0795. The molecule has 1 N–H and O–H groups in total. The summed E-state index contributed by atoms with van der Waals surface area (Å²) in [5.41, 5.74) is 1.22. The Bertz CT molecular complexity index is 726. The molecule has 132 valence electrons. The van der Waals surface area contributed by atoms with Crippen molar-refractivity contribution in [3.8, 4) is 0 Å². The summed E-state index contributed by atoms with van der Waals surface area (Å²) in [6, 6.07) is 8.79. The molecule has 0 radical (unpaired) electrons. The Morgan fingerprint density at radius 2 is 2.00 bits per heavy atom. The zero-order chi connectivity index (χ0) is 18.2. The molecule has 0 saturated carbocycles. The molecule has 1 atom stereocenters. The third kappa shape index (κ3) is 6.72. The van der Waals surface area contributed by atoms with Crippen molar-refractivity contribution in [2.24, 2.45) is 0 Å². The normalized spacial score (nSPS) is 11.6. The highest BCUT2D eigenvalue weighted by atomic mass is 35.5. The Kier molecular flexibility index (Phi) is 7.21. The number of carbonyl (C=O) groups excluding carboxylic acids is 2. The molecule has 1 amide bonds. The molecule has 2 aromatic rings. The molecule has 0 bridgehead atoms. The van der Waals surface area contributed by atoms with Gasteiger partial charge < -0.3 is 10.1 Å². The molecule has 25 heavy (non-hydrogen) atoms. The van der Waals surface area contributed by atoms with Gasteiger partial charge in [-0.3, -0.25) is 9.59 Å². The molecule has 0 aliphatic rings. The molecule has 8 heteroatoms. The maximum atomic E-state index is 12.8. The Hall–Kier alpha value is -2.12. The Balaban J connectivity index is 1.72. The van der Waals surface area contributed by atoms with Crippen LogP contribution < -0.4 is 5.32 Å². The van der Waals surface area contributed by atoms with E-state index in [0.29, 0.717) is 10.8 Å². The van der Waals surface area contributed by atoms with Crippen LogP contribution in [0.5, 0.6) is 0 Å². The minimum atomic E-state index is -0.501. The van der Waals surface area contributed by atoms with Crippen LogP contribution in [0.4, 0.5) is 10.1 Å². The van der Waals surface area contributed by atoms with E-state index in [1.807, 2.05) is 0 Å². The van der Waals surface area contributed by atoms with E-state index in [1.54, 1.807) is 19.1 Å². The lowest BCUT2D eigenvalue weighted by Crippen LogP contribution is -2.21. The van der Waals surface area contributed by atoms with Crippen LogP contribution in [0.1, 0.15) is 12.5 Å². The lowest BCUT2D eigenvalue weighted by Gasteiger charge is -2.11. The third-order valence-electron chi connectivity index (χ3n) is 3.09. The predicted octanol–water partition coefficient (Wildman–Crippen LogP) is 3.68. The largest absolute Gasteiger partial charge is 0.460 e. The van der Waals surface area contributed by atoms with Crippen LogP contribution in [0.15, 0.2) is 42.6 Å². The van der Waals surface area contributed by atoms with E-state index in [-0.39, 0.29) is 24.1 Å². The number of halogens is 2. The number of ether oxygens (including phenoxy) is 1. The van der Waals surface area contributed by atoms with Crippen LogP contribution >= 0.6 is 23.4 Å². The van der Waals surface area contributed by atoms with Crippen LogP contribution in [0, 0.1) is 5.82 Å². The van der Waals surface area contributed by atoms with E-state index < -0.39 is 11.2 Å². The highest BCUT2D eigenvalue weighted by Gasteiger charge is 2.17. The molecule has 0 aliphatic heterocycles. The van der Waals surface area contributed by atoms with Crippen molar-refractivity contribution in [1.29, 1.82) is 0 Å². The molecule has 0 aliphatic carbocycles. The number of carbonyl (C=O) groups is 2. The van der Waals surface area contributed by atoms with Gasteiger partial charge in [-0.25, -0.2) is 9.37 Å². The van der Waals surface area contributed by atoms with Gasteiger partial charge in [-0.1, -0.05) is 17.7 Å². The summed E-state index contributed by atoms with van der Waals surface area (Å²) in [6.45, 7) is 1.76. The van der Waals surface area contributed by atoms with E-state index >= 15 is 0 Å². The standard InChI is InChI=1S/C17H16ClFN2O3S/c1-11(17(23)24-9-12-2-7-15(18)20-8-12)25-10-16(22)21-14-5-3-13(19)4-6-14/h2-8,11H,9-10H2,1H3,(H,21,22). The summed E-state index contributed by atoms with van der Waals surface area (Å²) in [5, 5.41) is 2.49. The molecule has 0 spiro atoms. The van der Waals surface area contributed by atoms with Crippen LogP contribution in [-0.2, 0) is 20.9 Å². The van der Waals surface area contributed by atoms with Gasteiger partial charge in [0, 0.05) is 17.4 Å². The van der Waals surface area contributed by atoms with E-state index in [9.17, 15) is 14.0 Å². The van der Waals surface area contributed by atoms with Gasteiger partial charge >= 0.3 is 5.97 Å². The minimum Gasteiger partial charge on any atom is -0.460 e. The van der Waals surface area contributed by atoms with Gasteiger partial charge in [0.1, 0.15) is 22.8 Å². The number of amides is 1. The first-order valence-corrected chi connectivity index (χ1v) is 8.81. The van der Waals surface area contributed by atoms with Gasteiger partial charge in [0.05, 0.1) is 5.75 Å². The number of rotatable bonds is 7. The van der Waals surface area contributed by atoms with Crippen molar-refractivity contribution < 1.29 is 18.7 Å². The van der Waals surface area contributed by atoms with Gasteiger partial charge in [0.15, 0.2) is 0 Å². The molecule has 1 heterocycles. The summed E-state index contributed by atoms with van der Waals surface area (Å²) in [7, 11) is 0. The fourth-order valence-corrected chi connectivity index (χ4v) is 2.55. The summed E-state index contributed by atoms with van der Waals surface area (Å²) < 4.78 is 18.0. The monoisotopic (exact) mass is 382 g/mol. The van der Waals surface area contributed by atoms with Crippen molar-refractivity contribution in [2.45, 2.75) is 18.8 Å². The number of nitrogens with one attached hydrogen (secondary N) is 1. The van der Waals surface area contributed by atoms with Gasteiger partial charge in [-0.05, 0) is 37.3 Å². The Labute approximate surface area is 153 Å². The number of anilines is 1. The van der Waals surface area contributed by atoms with Crippen molar-refractivity contribution in [2.75, 3.05) is 11.1 Å². The number of nitrogens with zero attached hydrogens (tertiary/aromatic N) is 1. The van der Waals surface area contributed by atoms with E-state index in [4.69, 9.17) is 16.3 Å².